The summed E-state index contributed by atoms with van der Waals surface area (Å²) in [5.41, 5.74) is 6.63. The first kappa shape index (κ1) is 25.0. The molecule has 0 atom stereocenters. The number of hydrogen-bond donors (Lipinski definition) is 1. The first-order valence-electron chi connectivity index (χ1n) is 12.2. The number of aromatic nitrogens is 1. The van der Waals surface area contributed by atoms with Gasteiger partial charge in [0.1, 0.15) is 11.6 Å². The summed E-state index contributed by atoms with van der Waals surface area (Å²) in [6.45, 7) is 0.347. The molecular weight excluding hydrogens is 534 g/mol. The smallest absolute Gasteiger partial charge is 0.262 e. The second-order valence-electron chi connectivity index (χ2n) is 8.72. The maximum Gasteiger partial charge on any atom is 0.262 e. The fourth-order valence-electron chi connectivity index (χ4n) is 4.39. The van der Waals surface area contributed by atoms with Crippen LogP contribution >= 0.6 is 15.9 Å². The molecule has 0 saturated heterocycles. The summed E-state index contributed by atoms with van der Waals surface area (Å²) >= 11 is 3.54. The van der Waals surface area contributed by atoms with Gasteiger partial charge < -0.3 is 9.88 Å². The van der Waals surface area contributed by atoms with Gasteiger partial charge in [0.25, 0.3) is 5.91 Å². The molecule has 1 N–H and O–H groups in total. The van der Waals surface area contributed by atoms with Crippen molar-refractivity contribution in [1.29, 1.82) is 5.26 Å². The summed E-state index contributed by atoms with van der Waals surface area (Å²) in [5, 5.41) is 12.8. The van der Waals surface area contributed by atoms with Gasteiger partial charge >= 0.3 is 0 Å². The summed E-state index contributed by atoms with van der Waals surface area (Å²) in [7, 11) is 0. The number of amides is 1. The highest BCUT2D eigenvalue weighted by atomic mass is 79.9. The number of nitriles is 1. The number of halogens is 1. The van der Waals surface area contributed by atoms with Gasteiger partial charge in [0, 0.05) is 22.3 Å². The summed E-state index contributed by atoms with van der Waals surface area (Å²) < 4.78 is 3.16. The molecule has 184 valence electrons. The van der Waals surface area contributed by atoms with Gasteiger partial charge in [-0.15, -0.1) is 0 Å². The lowest BCUT2D eigenvalue weighted by Crippen LogP contribution is -2.23. The van der Waals surface area contributed by atoms with Gasteiger partial charge in [0.05, 0.1) is 11.4 Å². The molecule has 0 unspecified atom stereocenters. The molecule has 1 aromatic heterocycles. The van der Waals surface area contributed by atoms with Crippen LogP contribution in [0.25, 0.3) is 34.3 Å². The van der Waals surface area contributed by atoms with Gasteiger partial charge in [-0.3, -0.25) is 4.79 Å². The maximum atomic E-state index is 13.1. The highest BCUT2D eigenvalue weighted by Crippen LogP contribution is 2.37. The Labute approximate surface area is 230 Å². The van der Waals surface area contributed by atoms with E-state index in [1.165, 1.54) is 0 Å². The van der Waals surface area contributed by atoms with Gasteiger partial charge in [-0.1, -0.05) is 107 Å². The number of rotatable bonds is 7. The van der Waals surface area contributed by atoms with E-state index >= 15 is 0 Å². The monoisotopic (exact) mass is 557 g/mol. The Morgan fingerprint density at radius 1 is 0.816 bits per heavy atom. The van der Waals surface area contributed by atoms with Crippen molar-refractivity contribution in [3.8, 4) is 34.3 Å². The molecule has 4 aromatic carbocycles. The quantitative estimate of drug-likeness (QED) is 0.164. The van der Waals surface area contributed by atoms with Crippen molar-refractivity contribution < 1.29 is 4.79 Å². The normalized spacial score (nSPS) is 11.1. The van der Waals surface area contributed by atoms with Crippen molar-refractivity contribution in [2.75, 3.05) is 0 Å². The molecular formula is C33H24BrN3O. The average Bonchev–Trinajstić information content (AvgIpc) is 3.35. The number of hydrogen-bond acceptors (Lipinski definition) is 2. The topological polar surface area (TPSA) is 57.8 Å². The molecule has 0 bridgehead atoms. The SMILES string of the molecule is N#C/C(=C/c1cc(-c2ccccc2)n(-c2ccc(Br)cc2)c1-c1ccccc1)C(=O)NCc1ccccc1. The van der Waals surface area contributed by atoms with Crippen molar-refractivity contribution in [3.63, 3.8) is 0 Å². The number of nitrogens with one attached hydrogen (secondary N) is 1. The van der Waals surface area contributed by atoms with E-state index < -0.39 is 5.91 Å². The third-order valence-corrected chi connectivity index (χ3v) is 6.72. The van der Waals surface area contributed by atoms with Crippen LogP contribution in [-0.4, -0.2) is 10.5 Å². The first-order valence-corrected chi connectivity index (χ1v) is 13.0. The molecule has 5 rings (SSSR count). The fraction of sp³-hybridized carbons (Fsp3) is 0.0303. The zero-order valence-electron chi connectivity index (χ0n) is 20.5. The van der Waals surface area contributed by atoms with Crippen LogP contribution in [0.5, 0.6) is 0 Å². The average molecular weight is 558 g/mol. The molecule has 0 fully saturated rings. The van der Waals surface area contributed by atoms with E-state index in [4.69, 9.17) is 0 Å². The number of benzene rings is 4. The molecule has 0 aliphatic heterocycles. The Hall–Kier alpha value is -4.66. The summed E-state index contributed by atoms with van der Waals surface area (Å²) in [5.74, 6) is -0.409. The second-order valence-corrected chi connectivity index (χ2v) is 9.63. The van der Waals surface area contributed by atoms with Gasteiger partial charge in [0.15, 0.2) is 0 Å². The highest BCUT2D eigenvalue weighted by Gasteiger charge is 2.20. The number of carbonyl (C=O) groups excluding carboxylic acids is 1. The van der Waals surface area contributed by atoms with Crippen LogP contribution in [0.15, 0.2) is 131 Å². The van der Waals surface area contributed by atoms with Crippen LogP contribution in [-0.2, 0) is 11.3 Å². The molecule has 0 saturated carbocycles. The minimum Gasteiger partial charge on any atom is -0.347 e. The van der Waals surface area contributed by atoms with Crippen molar-refractivity contribution in [3.05, 3.63) is 143 Å². The molecule has 1 amide bonds. The largest absolute Gasteiger partial charge is 0.347 e. The predicted octanol–water partition coefficient (Wildman–Crippen LogP) is 7.80. The van der Waals surface area contributed by atoms with Crippen molar-refractivity contribution in [2.45, 2.75) is 6.54 Å². The Bertz CT molecular complexity index is 1620. The van der Waals surface area contributed by atoms with Crippen molar-refractivity contribution >= 4 is 27.9 Å². The van der Waals surface area contributed by atoms with Crippen LogP contribution in [0.4, 0.5) is 0 Å². The van der Waals surface area contributed by atoms with E-state index in [1.54, 1.807) is 6.08 Å². The van der Waals surface area contributed by atoms with Gasteiger partial charge in [-0.05, 0) is 53.1 Å². The Morgan fingerprint density at radius 2 is 1.39 bits per heavy atom. The van der Waals surface area contributed by atoms with Crippen LogP contribution in [0.3, 0.4) is 0 Å². The van der Waals surface area contributed by atoms with Gasteiger partial charge in [-0.25, -0.2) is 0 Å². The summed E-state index contributed by atoms with van der Waals surface area (Å²) in [6, 6.07) is 42.1. The molecule has 0 aliphatic rings. The third kappa shape index (κ3) is 5.51. The molecule has 1 heterocycles. The fourth-order valence-corrected chi connectivity index (χ4v) is 4.65. The van der Waals surface area contributed by atoms with Crippen molar-refractivity contribution in [1.82, 2.24) is 9.88 Å². The van der Waals surface area contributed by atoms with E-state index in [9.17, 15) is 10.1 Å². The number of carbonyl (C=O) groups is 1. The Kier molecular flexibility index (Phi) is 7.63. The molecule has 5 aromatic rings. The van der Waals surface area contributed by atoms with Crippen molar-refractivity contribution in [2.24, 2.45) is 0 Å². The molecule has 4 nitrogen and oxygen atoms in total. The van der Waals surface area contributed by atoms with Crippen LogP contribution < -0.4 is 5.32 Å². The van der Waals surface area contributed by atoms with E-state index in [2.05, 4.69) is 44.0 Å². The van der Waals surface area contributed by atoms with E-state index in [0.717, 1.165) is 43.8 Å². The van der Waals surface area contributed by atoms with Gasteiger partial charge in [0.2, 0.25) is 0 Å². The lowest BCUT2D eigenvalue weighted by Gasteiger charge is -2.15. The zero-order valence-corrected chi connectivity index (χ0v) is 22.1. The van der Waals surface area contributed by atoms with Crippen LogP contribution in [0.1, 0.15) is 11.1 Å². The molecule has 0 radical (unpaired) electrons. The summed E-state index contributed by atoms with van der Waals surface area (Å²) in [4.78, 5) is 13.1. The van der Waals surface area contributed by atoms with E-state index in [0.29, 0.717) is 6.54 Å². The number of nitrogens with zero attached hydrogens (tertiary/aromatic N) is 2. The van der Waals surface area contributed by atoms with E-state index in [1.807, 2.05) is 109 Å². The van der Waals surface area contributed by atoms with Gasteiger partial charge in [-0.2, -0.15) is 5.26 Å². The lowest BCUT2D eigenvalue weighted by molar-refractivity contribution is -0.117. The van der Waals surface area contributed by atoms with Crippen LogP contribution in [0.2, 0.25) is 0 Å². The second kappa shape index (κ2) is 11.6. The molecule has 5 heteroatoms. The minimum atomic E-state index is -0.409. The van der Waals surface area contributed by atoms with E-state index in [-0.39, 0.29) is 5.57 Å². The molecule has 38 heavy (non-hydrogen) atoms. The molecule has 0 aliphatic carbocycles. The first-order chi connectivity index (χ1) is 18.6. The standard InChI is InChI=1S/C33H24BrN3O/c34-29-16-18-30(19-17-29)37-31(25-12-6-2-7-13-25)21-27(32(37)26-14-8-3-9-15-26)20-28(22-35)33(38)36-23-24-10-4-1-5-11-24/h1-21H,23H2,(H,36,38)/b28-20-. The lowest BCUT2D eigenvalue weighted by atomic mass is 10.0. The predicted molar refractivity (Wildman–Crippen MR) is 156 cm³/mol. The minimum absolute atomic E-state index is 0.0469. The summed E-state index contributed by atoms with van der Waals surface area (Å²) in [6.07, 6.45) is 1.68. The molecule has 0 spiro atoms. The third-order valence-electron chi connectivity index (χ3n) is 6.19. The Morgan fingerprint density at radius 3 is 2.00 bits per heavy atom. The Balaban J connectivity index is 1.67. The highest BCUT2D eigenvalue weighted by molar-refractivity contribution is 9.10. The zero-order chi connectivity index (χ0) is 26.3. The van der Waals surface area contributed by atoms with Crippen LogP contribution in [0, 0.1) is 11.3 Å². The maximum absolute atomic E-state index is 13.1.